The van der Waals surface area contributed by atoms with Crippen molar-refractivity contribution in [3.05, 3.63) is 42.4 Å². The molecule has 3 rings (SSSR count). The molecule has 1 aliphatic rings. The van der Waals surface area contributed by atoms with Crippen molar-refractivity contribution in [1.29, 1.82) is 0 Å². The Morgan fingerprint density at radius 2 is 2.00 bits per heavy atom. The van der Waals surface area contributed by atoms with Crippen molar-refractivity contribution in [2.45, 2.75) is 16.6 Å². The summed E-state index contributed by atoms with van der Waals surface area (Å²) in [6, 6.07) is 9.83. The number of fused-ring (bicyclic) bond motifs is 1. The van der Waals surface area contributed by atoms with Gasteiger partial charge in [-0.1, -0.05) is 0 Å². The van der Waals surface area contributed by atoms with Crippen molar-refractivity contribution in [1.82, 2.24) is 0 Å². The molecule has 1 unspecified atom stereocenters. The molecule has 0 spiro atoms. The van der Waals surface area contributed by atoms with E-state index in [0.717, 1.165) is 28.6 Å². The highest BCUT2D eigenvalue weighted by Gasteiger charge is 2.16. The molecule has 1 aliphatic heterocycles. The predicted molar refractivity (Wildman–Crippen MR) is 78.4 cm³/mol. The maximum Gasteiger partial charge on any atom is 0.162 e. The Hall–Kier alpha value is -1.59. The number of hydrogen-bond donors (Lipinski definition) is 1. The summed E-state index contributed by atoms with van der Waals surface area (Å²) >= 11 is 1.67. The van der Waals surface area contributed by atoms with Crippen LogP contribution in [0.2, 0.25) is 0 Å². The molecule has 0 radical (unpaired) electrons. The lowest BCUT2D eigenvalue weighted by Crippen LogP contribution is -2.08. The summed E-state index contributed by atoms with van der Waals surface area (Å²) in [6.45, 7) is 1.92. The zero-order valence-corrected chi connectivity index (χ0v) is 11.9. The highest BCUT2D eigenvalue weighted by molar-refractivity contribution is 7.99. The lowest BCUT2D eigenvalue weighted by Gasteiger charge is -2.13. The van der Waals surface area contributed by atoms with E-state index in [9.17, 15) is 0 Å². The number of nitrogens with two attached hydrogens (primary N) is 1. The summed E-state index contributed by atoms with van der Waals surface area (Å²) in [7, 11) is 0. The van der Waals surface area contributed by atoms with Gasteiger partial charge < -0.3 is 19.6 Å². The van der Waals surface area contributed by atoms with Gasteiger partial charge in [-0.05, 0) is 30.3 Å². The first kappa shape index (κ1) is 13.4. The van der Waals surface area contributed by atoms with Crippen LogP contribution in [-0.2, 0) is 0 Å². The molecule has 2 aromatic rings. The molecule has 5 heteroatoms. The maximum absolute atomic E-state index is 5.84. The van der Waals surface area contributed by atoms with Crippen LogP contribution >= 0.6 is 11.8 Å². The van der Waals surface area contributed by atoms with Crippen molar-refractivity contribution in [3.63, 3.8) is 0 Å². The van der Waals surface area contributed by atoms with E-state index in [2.05, 4.69) is 0 Å². The van der Waals surface area contributed by atoms with E-state index in [1.165, 1.54) is 0 Å². The summed E-state index contributed by atoms with van der Waals surface area (Å²) in [5, 5.41) is 0.106. The zero-order chi connectivity index (χ0) is 13.8. The molecule has 0 saturated heterocycles. The third-order valence-corrected chi connectivity index (χ3v) is 4.31. The van der Waals surface area contributed by atoms with E-state index in [1.807, 2.05) is 30.3 Å². The SMILES string of the molecule is NCC(Sc1ccc2c(c1)OCCCO2)c1ccco1. The Morgan fingerprint density at radius 3 is 2.75 bits per heavy atom. The summed E-state index contributed by atoms with van der Waals surface area (Å²) in [6.07, 6.45) is 2.58. The molecule has 0 saturated carbocycles. The van der Waals surface area contributed by atoms with Crippen LogP contribution < -0.4 is 15.2 Å². The van der Waals surface area contributed by atoms with Gasteiger partial charge in [0.15, 0.2) is 11.5 Å². The van der Waals surface area contributed by atoms with Gasteiger partial charge in [-0.15, -0.1) is 11.8 Å². The van der Waals surface area contributed by atoms with Crippen LogP contribution in [0.15, 0.2) is 45.9 Å². The zero-order valence-electron chi connectivity index (χ0n) is 11.1. The van der Waals surface area contributed by atoms with Crippen LogP contribution in [0, 0.1) is 0 Å². The molecule has 2 heterocycles. The number of benzene rings is 1. The van der Waals surface area contributed by atoms with Gasteiger partial charge >= 0.3 is 0 Å². The van der Waals surface area contributed by atoms with Gasteiger partial charge in [0.2, 0.25) is 0 Å². The number of hydrogen-bond acceptors (Lipinski definition) is 5. The van der Waals surface area contributed by atoms with Crippen LogP contribution in [0.5, 0.6) is 11.5 Å². The minimum Gasteiger partial charge on any atom is -0.490 e. The molecule has 20 heavy (non-hydrogen) atoms. The minimum atomic E-state index is 0.106. The molecular weight excluding hydrogens is 274 g/mol. The van der Waals surface area contributed by atoms with E-state index in [1.54, 1.807) is 18.0 Å². The second-order valence-corrected chi connectivity index (χ2v) is 5.79. The van der Waals surface area contributed by atoms with E-state index < -0.39 is 0 Å². The topological polar surface area (TPSA) is 57.6 Å². The molecule has 0 aliphatic carbocycles. The van der Waals surface area contributed by atoms with Crippen molar-refractivity contribution < 1.29 is 13.9 Å². The van der Waals surface area contributed by atoms with Crippen molar-refractivity contribution in [2.75, 3.05) is 19.8 Å². The molecule has 0 amide bonds. The van der Waals surface area contributed by atoms with Gasteiger partial charge in [-0.25, -0.2) is 0 Å². The molecule has 1 atom stereocenters. The monoisotopic (exact) mass is 291 g/mol. The Balaban J connectivity index is 1.78. The second kappa shape index (κ2) is 6.24. The van der Waals surface area contributed by atoms with E-state index in [-0.39, 0.29) is 5.25 Å². The highest BCUT2D eigenvalue weighted by atomic mass is 32.2. The van der Waals surface area contributed by atoms with Crippen molar-refractivity contribution in [3.8, 4) is 11.5 Å². The first-order valence-corrected chi connectivity index (χ1v) is 7.54. The normalized spacial score (nSPS) is 15.7. The molecule has 2 N–H and O–H groups in total. The van der Waals surface area contributed by atoms with Crippen LogP contribution in [0.1, 0.15) is 17.4 Å². The van der Waals surface area contributed by atoms with Crippen molar-refractivity contribution in [2.24, 2.45) is 5.73 Å². The quantitative estimate of drug-likeness (QED) is 0.876. The standard InChI is InChI=1S/C15H17NO3S/c16-10-15(13-3-1-6-18-13)20-11-4-5-12-14(9-11)19-8-2-7-17-12/h1,3-6,9,15H,2,7-8,10,16H2. The number of ether oxygens (including phenoxy) is 2. The summed E-state index contributed by atoms with van der Waals surface area (Å²) in [4.78, 5) is 1.10. The van der Waals surface area contributed by atoms with Crippen LogP contribution in [0.25, 0.3) is 0 Å². The molecule has 0 bridgehead atoms. The second-order valence-electron chi connectivity index (χ2n) is 4.52. The maximum atomic E-state index is 5.84. The summed E-state index contributed by atoms with van der Waals surface area (Å²) in [5.41, 5.74) is 5.84. The fourth-order valence-corrected chi connectivity index (χ4v) is 3.07. The van der Waals surface area contributed by atoms with Gasteiger partial charge in [0.1, 0.15) is 5.76 Å². The Labute approximate surface area is 122 Å². The average Bonchev–Trinajstić information content (AvgIpc) is 2.90. The van der Waals surface area contributed by atoms with Gasteiger partial charge in [0.25, 0.3) is 0 Å². The summed E-state index contributed by atoms with van der Waals surface area (Å²) < 4.78 is 16.8. The number of thioether (sulfide) groups is 1. The molecule has 4 nitrogen and oxygen atoms in total. The van der Waals surface area contributed by atoms with Gasteiger partial charge in [-0.3, -0.25) is 0 Å². The van der Waals surface area contributed by atoms with Crippen molar-refractivity contribution >= 4 is 11.8 Å². The average molecular weight is 291 g/mol. The Bertz CT molecular complexity index is 556. The lowest BCUT2D eigenvalue weighted by atomic mass is 10.3. The summed E-state index contributed by atoms with van der Waals surface area (Å²) in [5.74, 6) is 2.52. The molecule has 1 aromatic heterocycles. The fourth-order valence-electron chi connectivity index (χ4n) is 2.08. The van der Waals surface area contributed by atoms with E-state index in [0.29, 0.717) is 19.8 Å². The molecular formula is C15H17NO3S. The van der Waals surface area contributed by atoms with Crippen LogP contribution in [-0.4, -0.2) is 19.8 Å². The van der Waals surface area contributed by atoms with Crippen LogP contribution in [0.3, 0.4) is 0 Å². The third-order valence-electron chi connectivity index (χ3n) is 3.07. The van der Waals surface area contributed by atoms with Gasteiger partial charge in [-0.2, -0.15) is 0 Å². The molecule has 106 valence electrons. The first-order chi connectivity index (χ1) is 9.86. The Morgan fingerprint density at radius 1 is 1.15 bits per heavy atom. The predicted octanol–water partition coefficient (Wildman–Crippen LogP) is 3.23. The lowest BCUT2D eigenvalue weighted by molar-refractivity contribution is 0.297. The molecule has 1 aromatic carbocycles. The smallest absolute Gasteiger partial charge is 0.162 e. The third kappa shape index (κ3) is 2.94. The largest absolute Gasteiger partial charge is 0.490 e. The van der Waals surface area contributed by atoms with Gasteiger partial charge in [0, 0.05) is 17.9 Å². The molecule has 0 fully saturated rings. The van der Waals surface area contributed by atoms with E-state index in [4.69, 9.17) is 19.6 Å². The fraction of sp³-hybridized carbons (Fsp3) is 0.333. The van der Waals surface area contributed by atoms with Crippen LogP contribution in [0.4, 0.5) is 0 Å². The van der Waals surface area contributed by atoms with E-state index >= 15 is 0 Å². The van der Waals surface area contributed by atoms with Gasteiger partial charge in [0.05, 0.1) is 24.7 Å². The highest BCUT2D eigenvalue weighted by Crippen LogP contribution is 2.39. The Kier molecular flexibility index (Phi) is 4.18. The number of rotatable bonds is 4. The minimum absolute atomic E-state index is 0.106. The number of furan rings is 1. The first-order valence-electron chi connectivity index (χ1n) is 6.66.